The van der Waals surface area contributed by atoms with Crippen LogP contribution in [-0.4, -0.2) is 16.9 Å². The number of benzene rings is 1. The van der Waals surface area contributed by atoms with Gasteiger partial charge in [0.2, 0.25) is 0 Å². The first-order chi connectivity index (χ1) is 8.56. The fraction of sp³-hybridized carbons (Fsp3) is 0.308. The van der Waals surface area contributed by atoms with Crippen molar-refractivity contribution in [1.82, 2.24) is 9.78 Å². The van der Waals surface area contributed by atoms with Gasteiger partial charge in [-0.2, -0.15) is 5.10 Å². The monoisotopic (exact) mass is 265 g/mol. The second-order valence-corrected chi connectivity index (χ2v) is 4.59. The predicted molar refractivity (Wildman–Crippen MR) is 72.8 cm³/mol. The van der Waals surface area contributed by atoms with E-state index in [0.29, 0.717) is 11.6 Å². The van der Waals surface area contributed by atoms with Gasteiger partial charge in [0, 0.05) is 24.2 Å². The first-order valence-corrected chi connectivity index (χ1v) is 6.02. The highest BCUT2D eigenvalue weighted by Gasteiger charge is 2.14. The molecule has 0 aliphatic carbocycles. The Morgan fingerprint density at radius 2 is 2.11 bits per heavy atom. The smallest absolute Gasteiger partial charge is 0.131 e. The lowest BCUT2D eigenvalue weighted by Gasteiger charge is -2.10. The van der Waals surface area contributed by atoms with Crippen molar-refractivity contribution in [2.45, 2.75) is 13.5 Å². The summed E-state index contributed by atoms with van der Waals surface area (Å²) in [6.07, 6.45) is 0. The second-order valence-electron chi connectivity index (χ2n) is 4.15. The zero-order chi connectivity index (χ0) is 13.3. The largest absolute Gasteiger partial charge is 0.496 e. The Labute approximate surface area is 111 Å². The summed E-state index contributed by atoms with van der Waals surface area (Å²) >= 11 is 6.09. The van der Waals surface area contributed by atoms with Crippen LogP contribution in [0.1, 0.15) is 11.3 Å². The number of aryl methyl sites for hydroxylation is 2. The molecular formula is C13H16ClN3O. The third kappa shape index (κ3) is 2.21. The minimum absolute atomic E-state index is 0.450. The fourth-order valence-corrected chi connectivity index (χ4v) is 2.29. The topological polar surface area (TPSA) is 53.1 Å². The first-order valence-electron chi connectivity index (χ1n) is 5.64. The van der Waals surface area contributed by atoms with E-state index in [2.05, 4.69) is 5.10 Å². The average Bonchev–Trinajstić information content (AvgIpc) is 2.69. The zero-order valence-electron chi connectivity index (χ0n) is 10.7. The summed E-state index contributed by atoms with van der Waals surface area (Å²) < 4.78 is 7.20. The Hall–Kier alpha value is -1.52. The molecule has 96 valence electrons. The van der Waals surface area contributed by atoms with Crippen molar-refractivity contribution in [2.75, 3.05) is 7.11 Å². The van der Waals surface area contributed by atoms with E-state index >= 15 is 0 Å². The summed E-state index contributed by atoms with van der Waals surface area (Å²) in [5.41, 5.74) is 9.31. The minimum Gasteiger partial charge on any atom is -0.496 e. The predicted octanol–water partition coefficient (Wildman–Crippen LogP) is 2.52. The van der Waals surface area contributed by atoms with Crippen LogP contribution in [0.15, 0.2) is 18.2 Å². The maximum Gasteiger partial charge on any atom is 0.131 e. The molecule has 0 aliphatic rings. The number of ether oxygens (including phenoxy) is 1. The molecule has 1 aromatic carbocycles. The molecular weight excluding hydrogens is 250 g/mol. The summed E-state index contributed by atoms with van der Waals surface area (Å²) in [6.45, 7) is 2.41. The van der Waals surface area contributed by atoms with Crippen molar-refractivity contribution in [2.24, 2.45) is 12.8 Å². The van der Waals surface area contributed by atoms with Crippen LogP contribution in [0.3, 0.4) is 0 Å². The van der Waals surface area contributed by atoms with E-state index in [9.17, 15) is 0 Å². The van der Waals surface area contributed by atoms with Crippen LogP contribution in [0, 0.1) is 6.92 Å². The highest BCUT2D eigenvalue weighted by Crippen LogP contribution is 2.35. The number of rotatable bonds is 3. The van der Waals surface area contributed by atoms with Crippen LogP contribution in [0.5, 0.6) is 5.75 Å². The lowest BCUT2D eigenvalue weighted by Crippen LogP contribution is -2.03. The highest BCUT2D eigenvalue weighted by atomic mass is 35.5. The molecule has 2 N–H and O–H groups in total. The van der Waals surface area contributed by atoms with Gasteiger partial charge in [-0.25, -0.2) is 0 Å². The molecule has 0 radical (unpaired) electrons. The summed E-state index contributed by atoms with van der Waals surface area (Å²) in [5.74, 6) is 0.793. The third-order valence-electron chi connectivity index (χ3n) is 2.91. The van der Waals surface area contributed by atoms with Gasteiger partial charge in [-0.1, -0.05) is 11.6 Å². The van der Waals surface area contributed by atoms with Gasteiger partial charge in [-0.15, -0.1) is 0 Å². The van der Waals surface area contributed by atoms with E-state index in [1.165, 1.54) is 0 Å². The molecule has 2 rings (SSSR count). The molecule has 5 heteroatoms. The number of nitrogens with zero attached hydrogens (tertiary/aromatic N) is 2. The molecule has 4 nitrogen and oxygen atoms in total. The standard InChI is InChI=1S/C13H16ClN3O/c1-8-4-9(14)5-11(13(8)18-3)12-6-10(7-15)17(2)16-12/h4-6H,7,15H2,1-3H3. The Kier molecular flexibility index (Phi) is 3.59. The minimum atomic E-state index is 0.450. The van der Waals surface area contributed by atoms with Gasteiger partial charge in [0.1, 0.15) is 5.75 Å². The summed E-state index contributed by atoms with van der Waals surface area (Å²) in [6, 6.07) is 5.68. The van der Waals surface area contributed by atoms with Gasteiger partial charge >= 0.3 is 0 Å². The summed E-state index contributed by atoms with van der Waals surface area (Å²) in [5, 5.41) is 5.11. The maximum absolute atomic E-state index is 6.09. The lowest BCUT2D eigenvalue weighted by molar-refractivity contribution is 0.413. The Balaban J connectivity index is 2.61. The SMILES string of the molecule is COc1c(C)cc(Cl)cc1-c1cc(CN)n(C)n1. The number of hydrogen-bond acceptors (Lipinski definition) is 3. The molecule has 0 saturated heterocycles. The molecule has 0 bridgehead atoms. The number of aromatic nitrogens is 2. The van der Waals surface area contributed by atoms with Crippen LogP contribution in [0.4, 0.5) is 0 Å². The maximum atomic E-state index is 6.09. The van der Waals surface area contributed by atoms with Crippen molar-refractivity contribution >= 4 is 11.6 Å². The summed E-state index contributed by atoms with van der Waals surface area (Å²) in [4.78, 5) is 0. The van der Waals surface area contributed by atoms with E-state index in [-0.39, 0.29) is 0 Å². The van der Waals surface area contributed by atoms with E-state index in [1.807, 2.05) is 32.2 Å². The molecule has 1 aromatic heterocycles. The van der Waals surface area contributed by atoms with Crippen molar-refractivity contribution < 1.29 is 4.74 Å². The molecule has 0 fully saturated rings. The van der Waals surface area contributed by atoms with Gasteiger partial charge in [0.05, 0.1) is 18.5 Å². The Bertz CT molecular complexity index is 578. The van der Waals surface area contributed by atoms with Gasteiger partial charge < -0.3 is 10.5 Å². The fourth-order valence-electron chi connectivity index (χ4n) is 2.02. The molecule has 0 spiro atoms. The second kappa shape index (κ2) is 5.00. The normalized spacial score (nSPS) is 10.7. The third-order valence-corrected chi connectivity index (χ3v) is 3.12. The molecule has 1 heterocycles. The van der Waals surface area contributed by atoms with E-state index in [4.69, 9.17) is 22.1 Å². The number of methoxy groups -OCH3 is 1. The Morgan fingerprint density at radius 1 is 1.39 bits per heavy atom. The molecule has 18 heavy (non-hydrogen) atoms. The highest BCUT2D eigenvalue weighted by molar-refractivity contribution is 6.31. The lowest BCUT2D eigenvalue weighted by atomic mass is 10.1. The van der Waals surface area contributed by atoms with Gasteiger partial charge in [-0.05, 0) is 30.7 Å². The molecule has 0 aliphatic heterocycles. The quantitative estimate of drug-likeness (QED) is 0.928. The molecule has 0 unspecified atom stereocenters. The van der Waals surface area contributed by atoms with E-state index in [0.717, 1.165) is 28.3 Å². The molecule has 2 aromatic rings. The van der Waals surface area contributed by atoms with Crippen LogP contribution < -0.4 is 10.5 Å². The number of nitrogens with two attached hydrogens (primary N) is 1. The zero-order valence-corrected chi connectivity index (χ0v) is 11.5. The van der Waals surface area contributed by atoms with Crippen LogP contribution >= 0.6 is 11.6 Å². The van der Waals surface area contributed by atoms with Gasteiger partial charge in [0.25, 0.3) is 0 Å². The Morgan fingerprint density at radius 3 is 2.67 bits per heavy atom. The van der Waals surface area contributed by atoms with Crippen molar-refractivity contribution in [3.8, 4) is 17.0 Å². The van der Waals surface area contributed by atoms with Gasteiger partial charge in [0.15, 0.2) is 0 Å². The first kappa shape index (κ1) is 12.9. The average molecular weight is 266 g/mol. The van der Waals surface area contributed by atoms with Crippen molar-refractivity contribution in [3.63, 3.8) is 0 Å². The molecule has 0 atom stereocenters. The number of halogens is 1. The molecule has 0 saturated carbocycles. The van der Waals surface area contributed by atoms with Crippen LogP contribution in [-0.2, 0) is 13.6 Å². The molecule has 0 amide bonds. The van der Waals surface area contributed by atoms with Crippen LogP contribution in [0.2, 0.25) is 5.02 Å². The van der Waals surface area contributed by atoms with E-state index < -0.39 is 0 Å². The van der Waals surface area contributed by atoms with Crippen LogP contribution in [0.25, 0.3) is 11.3 Å². The number of hydrogen-bond donors (Lipinski definition) is 1. The van der Waals surface area contributed by atoms with Crippen molar-refractivity contribution in [1.29, 1.82) is 0 Å². The van der Waals surface area contributed by atoms with Crippen molar-refractivity contribution in [3.05, 3.63) is 34.5 Å². The summed E-state index contributed by atoms with van der Waals surface area (Å²) in [7, 11) is 3.52. The van der Waals surface area contributed by atoms with E-state index in [1.54, 1.807) is 11.8 Å². The van der Waals surface area contributed by atoms with Gasteiger partial charge in [-0.3, -0.25) is 4.68 Å².